The number of piperidine rings is 1. The average molecular weight is 447 g/mol. The zero-order valence-electron chi connectivity index (χ0n) is 18.6. The molecule has 2 aliphatic heterocycles. The lowest BCUT2D eigenvalue weighted by Crippen LogP contribution is -2.49. The number of fused-ring (bicyclic) bond motifs is 1. The summed E-state index contributed by atoms with van der Waals surface area (Å²) in [6, 6.07) is 10.4. The van der Waals surface area contributed by atoms with Gasteiger partial charge in [0.25, 0.3) is 0 Å². The van der Waals surface area contributed by atoms with Gasteiger partial charge in [-0.05, 0) is 45.2 Å². The van der Waals surface area contributed by atoms with E-state index in [4.69, 9.17) is 9.72 Å². The first-order valence-electron chi connectivity index (χ1n) is 11.4. The summed E-state index contributed by atoms with van der Waals surface area (Å²) in [4.78, 5) is 7.34. The quantitative estimate of drug-likeness (QED) is 0.660. The van der Waals surface area contributed by atoms with Gasteiger partial charge in [-0.3, -0.25) is 0 Å². The number of rotatable bonds is 7. The molecule has 1 aromatic heterocycles. The highest BCUT2D eigenvalue weighted by molar-refractivity contribution is 7.89. The Bertz CT molecular complexity index is 981. The van der Waals surface area contributed by atoms with Gasteiger partial charge in [-0.25, -0.2) is 13.4 Å². The zero-order valence-corrected chi connectivity index (χ0v) is 19.4. The summed E-state index contributed by atoms with van der Waals surface area (Å²) in [7, 11) is -3.30. The second kappa shape index (κ2) is 9.81. The smallest absolute Gasteiger partial charge is 0.215 e. The van der Waals surface area contributed by atoms with Crippen LogP contribution in [-0.2, 0) is 21.3 Å². The van der Waals surface area contributed by atoms with E-state index in [1.54, 1.807) is 4.31 Å². The highest BCUT2D eigenvalue weighted by Crippen LogP contribution is 2.26. The molecule has 2 unspecified atom stereocenters. The molecular formula is C23H34N4O3S. The van der Waals surface area contributed by atoms with E-state index in [1.807, 2.05) is 26.0 Å². The summed E-state index contributed by atoms with van der Waals surface area (Å²) in [6.07, 6.45) is 3.52. The summed E-state index contributed by atoms with van der Waals surface area (Å²) in [5, 5.41) is 4.47. The number of anilines is 1. The normalized spacial score (nSPS) is 23.4. The van der Waals surface area contributed by atoms with E-state index >= 15 is 0 Å². The van der Waals surface area contributed by atoms with Gasteiger partial charge in [-0.1, -0.05) is 18.2 Å². The Hall–Kier alpha value is -1.74. The van der Waals surface area contributed by atoms with Crippen LogP contribution in [0.2, 0.25) is 0 Å². The molecule has 0 amide bonds. The van der Waals surface area contributed by atoms with Crippen LogP contribution < -0.4 is 10.2 Å². The van der Waals surface area contributed by atoms with E-state index in [9.17, 15) is 8.42 Å². The second-order valence-corrected chi connectivity index (χ2v) is 10.9. The Morgan fingerprint density at radius 2 is 1.81 bits per heavy atom. The number of pyridine rings is 1. The monoisotopic (exact) mass is 446 g/mol. The maximum atomic E-state index is 12.8. The molecule has 7 nitrogen and oxygen atoms in total. The number of sulfonamides is 1. The Morgan fingerprint density at radius 3 is 2.55 bits per heavy atom. The van der Waals surface area contributed by atoms with Crippen LogP contribution in [0.3, 0.4) is 0 Å². The van der Waals surface area contributed by atoms with Gasteiger partial charge >= 0.3 is 0 Å². The number of hydrogen-bond donors (Lipinski definition) is 1. The molecule has 1 N–H and O–H groups in total. The van der Waals surface area contributed by atoms with Crippen molar-refractivity contribution in [3.05, 3.63) is 35.9 Å². The fourth-order valence-electron chi connectivity index (χ4n) is 4.57. The predicted octanol–water partition coefficient (Wildman–Crippen LogP) is 2.75. The summed E-state index contributed by atoms with van der Waals surface area (Å²) in [5.74, 6) is 1.12. The minimum absolute atomic E-state index is 0.0674. The maximum Gasteiger partial charge on any atom is 0.215 e. The molecule has 170 valence electrons. The lowest BCUT2D eigenvalue weighted by atomic mass is 10.1. The summed E-state index contributed by atoms with van der Waals surface area (Å²) >= 11 is 0. The molecule has 2 saturated heterocycles. The Morgan fingerprint density at radius 1 is 1.10 bits per heavy atom. The van der Waals surface area contributed by atoms with Gasteiger partial charge in [0.2, 0.25) is 10.0 Å². The molecule has 2 aliphatic rings. The molecule has 0 aliphatic carbocycles. The fraction of sp³-hybridized carbons (Fsp3) is 0.609. The lowest BCUT2D eigenvalue weighted by molar-refractivity contribution is -0.0440. The summed E-state index contributed by atoms with van der Waals surface area (Å²) in [5.41, 5.74) is 2.14. The number of aromatic nitrogens is 1. The molecule has 2 aromatic rings. The fourth-order valence-corrected chi connectivity index (χ4v) is 6.10. The molecule has 3 heterocycles. The van der Waals surface area contributed by atoms with Gasteiger partial charge in [0, 0.05) is 50.2 Å². The van der Waals surface area contributed by atoms with Crippen LogP contribution in [-0.4, -0.2) is 68.4 Å². The SMILES string of the molecule is CC1CN(S(=O)(=O)CCNCc2cc3ccccc3nc2N2CCCCC2)CC(C)O1. The largest absolute Gasteiger partial charge is 0.373 e. The molecule has 0 spiro atoms. The number of benzene rings is 1. The number of nitrogens with one attached hydrogen (secondary N) is 1. The maximum absolute atomic E-state index is 12.8. The molecule has 31 heavy (non-hydrogen) atoms. The number of ether oxygens (including phenoxy) is 1. The van der Waals surface area contributed by atoms with Gasteiger partial charge in [0.05, 0.1) is 23.5 Å². The minimum Gasteiger partial charge on any atom is -0.373 e. The first-order chi connectivity index (χ1) is 14.9. The van der Waals surface area contributed by atoms with Crippen molar-refractivity contribution >= 4 is 26.7 Å². The molecule has 2 atom stereocenters. The van der Waals surface area contributed by atoms with Crippen molar-refractivity contribution in [3.8, 4) is 0 Å². The van der Waals surface area contributed by atoms with Crippen LogP contribution in [0.15, 0.2) is 30.3 Å². The van der Waals surface area contributed by atoms with Crippen molar-refractivity contribution in [2.45, 2.75) is 51.9 Å². The molecule has 0 saturated carbocycles. The van der Waals surface area contributed by atoms with Gasteiger partial charge in [-0.15, -0.1) is 0 Å². The van der Waals surface area contributed by atoms with Crippen LogP contribution in [0.5, 0.6) is 0 Å². The molecule has 2 fully saturated rings. The minimum atomic E-state index is -3.30. The summed E-state index contributed by atoms with van der Waals surface area (Å²) < 4.78 is 32.8. The standard InChI is InChI=1S/C23H34N4O3S/c1-18-16-27(17-19(2)30-18)31(28,29)13-10-24-15-21-14-20-8-4-5-9-22(20)25-23(21)26-11-6-3-7-12-26/h4-5,8-9,14,18-19,24H,3,6-7,10-13,15-17H2,1-2H3. The van der Waals surface area contributed by atoms with Crippen LogP contribution in [0.4, 0.5) is 5.82 Å². The Labute approximate surface area is 185 Å². The first-order valence-corrected chi connectivity index (χ1v) is 13.0. The average Bonchev–Trinajstić information content (AvgIpc) is 2.76. The van der Waals surface area contributed by atoms with Crippen molar-refractivity contribution in [1.29, 1.82) is 0 Å². The third kappa shape index (κ3) is 5.55. The number of nitrogens with zero attached hydrogens (tertiary/aromatic N) is 3. The highest BCUT2D eigenvalue weighted by Gasteiger charge is 2.30. The van der Waals surface area contributed by atoms with E-state index in [-0.39, 0.29) is 18.0 Å². The van der Waals surface area contributed by atoms with Gasteiger partial charge in [-0.2, -0.15) is 4.31 Å². The zero-order chi connectivity index (χ0) is 21.8. The van der Waals surface area contributed by atoms with Gasteiger partial charge in [0.15, 0.2) is 0 Å². The molecule has 1 aromatic carbocycles. The summed E-state index contributed by atoms with van der Waals surface area (Å²) in [6.45, 7) is 7.78. The van der Waals surface area contributed by atoms with Crippen LogP contribution >= 0.6 is 0 Å². The highest BCUT2D eigenvalue weighted by atomic mass is 32.2. The molecule has 0 bridgehead atoms. The van der Waals surface area contributed by atoms with Crippen molar-refractivity contribution in [2.75, 3.05) is 43.4 Å². The van der Waals surface area contributed by atoms with Crippen LogP contribution in [0.25, 0.3) is 10.9 Å². The van der Waals surface area contributed by atoms with E-state index in [0.29, 0.717) is 26.2 Å². The number of para-hydroxylation sites is 1. The predicted molar refractivity (Wildman–Crippen MR) is 125 cm³/mol. The molecule has 0 radical (unpaired) electrons. The van der Waals surface area contributed by atoms with E-state index in [1.165, 1.54) is 19.3 Å². The van der Waals surface area contributed by atoms with Crippen molar-refractivity contribution < 1.29 is 13.2 Å². The van der Waals surface area contributed by atoms with E-state index < -0.39 is 10.0 Å². The van der Waals surface area contributed by atoms with Crippen molar-refractivity contribution in [3.63, 3.8) is 0 Å². The van der Waals surface area contributed by atoms with Gasteiger partial charge < -0.3 is 15.0 Å². The van der Waals surface area contributed by atoms with Crippen molar-refractivity contribution in [2.24, 2.45) is 0 Å². The Balaban J connectivity index is 1.42. The lowest BCUT2D eigenvalue weighted by Gasteiger charge is -2.34. The van der Waals surface area contributed by atoms with E-state index in [2.05, 4.69) is 28.4 Å². The topological polar surface area (TPSA) is 74.8 Å². The third-order valence-electron chi connectivity index (χ3n) is 6.07. The number of hydrogen-bond acceptors (Lipinski definition) is 6. The first kappa shape index (κ1) is 22.5. The second-order valence-electron chi connectivity index (χ2n) is 8.78. The molecular weight excluding hydrogens is 412 g/mol. The Kier molecular flexibility index (Phi) is 7.11. The van der Waals surface area contributed by atoms with Crippen molar-refractivity contribution in [1.82, 2.24) is 14.6 Å². The molecule has 4 rings (SSSR count). The third-order valence-corrected chi connectivity index (χ3v) is 7.87. The van der Waals surface area contributed by atoms with E-state index in [0.717, 1.165) is 35.4 Å². The van der Waals surface area contributed by atoms with Gasteiger partial charge in [0.1, 0.15) is 5.82 Å². The number of morpholine rings is 1. The van der Waals surface area contributed by atoms with Crippen LogP contribution in [0, 0.1) is 0 Å². The molecule has 8 heteroatoms. The van der Waals surface area contributed by atoms with Crippen LogP contribution in [0.1, 0.15) is 38.7 Å².